The molecule has 8 atom stereocenters. The third-order valence-electron chi connectivity index (χ3n) is 8.80. The van der Waals surface area contributed by atoms with Gasteiger partial charge in [-0.15, -0.1) is 0 Å². The summed E-state index contributed by atoms with van der Waals surface area (Å²) in [6.07, 6.45) is 9.90. The van der Waals surface area contributed by atoms with Crippen LogP contribution in [0.1, 0.15) is 58.8 Å². The lowest BCUT2D eigenvalue weighted by molar-refractivity contribution is -0.252. The van der Waals surface area contributed by atoms with E-state index in [1.54, 1.807) is 0 Å². The summed E-state index contributed by atoms with van der Waals surface area (Å²) in [6, 6.07) is 0.112. The maximum absolute atomic E-state index is 8.85. The fraction of sp³-hybridized carbons (Fsp3) is 0.818. The molecular formula is C22H30N2O2. The molecule has 0 aromatic carbocycles. The molecule has 1 unspecified atom stereocenters. The fourth-order valence-electron chi connectivity index (χ4n) is 7.28. The van der Waals surface area contributed by atoms with Gasteiger partial charge in [0.05, 0.1) is 6.61 Å². The molecule has 1 N–H and O–H groups in total. The van der Waals surface area contributed by atoms with Crippen LogP contribution in [0.25, 0.3) is 9.69 Å². The monoisotopic (exact) mass is 354 g/mol. The van der Waals surface area contributed by atoms with E-state index in [0.717, 1.165) is 44.9 Å². The van der Waals surface area contributed by atoms with E-state index in [4.69, 9.17) is 18.4 Å². The summed E-state index contributed by atoms with van der Waals surface area (Å²) < 4.78 is 0. The first kappa shape index (κ1) is 18.0. The second kappa shape index (κ2) is 6.36. The third kappa shape index (κ3) is 2.39. The molecule has 4 aliphatic carbocycles. The number of nitrogens with zero attached hydrogens (tertiary/aromatic N) is 2. The zero-order valence-electron chi connectivity index (χ0n) is 15.9. The van der Waals surface area contributed by atoms with Gasteiger partial charge in [0, 0.05) is 17.8 Å². The van der Waals surface area contributed by atoms with Gasteiger partial charge in [0.15, 0.2) is 0 Å². The van der Waals surface area contributed by atoms with E-state index in [9.17, 15) is 0 Å². The molecule has 0 aromatic rings. The topological polar surface area (TPSA) is 38.2 Å². The van der Waals surface area contributed by atoms with Crippen LogP contribution in [0, 0.1) is 47.6 Å². The van der Waals surface area contributed by atoms with Crippen molar-refractivity contribution in [2.75, 3.05) is 6.61 Å². The molecule has 26 heavy (non-hydrogen) atoms. The minimum Gasteiger partial charge on any atom is -0.313 e. The molecule has 4 nitrogen and oxygen atoms in total. The molecular weight excluding hydrogens is 324 g/mol. The lowest BCUT2D eigenvalue weighted by Crippen LogP contribution is -2.54. The molecule has 0 aliphatic heterocycles. The molecule has 0 radical (unpaired) electrons. The molecule has 0 spiro atoms. The predicted octanol–water partition coefficient (Wildman–Crippen LogP) is 5.24. The highest BCUT2D eigenvalue weighted by molar-refractivity contribution is 5.31. The van der Waals surface area contributed by atoms with E-state index in [-0.39, 0.29) is 22.9 Å². The van der Waals surface area contributed by atoms with Crippen LogP contribution in [0.15, 0.2) is 11.6 Å². The highest BCUT2D eigenvalue weighted by atomic mass is 17.1. The summed E-state index contributed by atoms with van der Waals surface area (Å²) in [6.45, 7) is 20.7. The van der Waals surface area contributed by atoms with Gasteiger partial charge in [0.2, 0.25) is 12.1 Å². The Morgan fingerprint density at radius 2 is 1.92 bits per heavy atom. The van der Waals surface area contributed by atoms with Crippen LogP contribution in [-0.4, -0.2) is 23.9 Å². The molecule has 3 saturated carbocycles. The van der Waals surface area contributed by atoms with Crippen LogP contribution in [0.3, 0.4) is 0 Å². The molecule has 0 heterocycles. The number of rotatable bonds is 2. The number of hydrogen-bond donors (Lipinski definition) is 1. The van der Waals surface area contributed by atoms with Gasteiger partial charge in [-0.2, -0.15) is 0 Å². The quantitative estimate of drug-likeness (QED) is 0.319. The molecule has 0 aromatic heterocycles. The summed E-state index contributed by atoms with van der Waals surface area (Å²) >= 11 is 0. The molecule has 0 bridgehead atoms. The van der Waals surface area contributed by atoms with Crippen molar-refractivity contribution in [1.82, 2.24) is 0 Å². The molecule has 140 valence electrons. The second-order valence-electron chi connectivity index (χ2n) is 9.69. The van der Waals surface area contributed by atoms with Crippen molar-refractivity contribution < 1.29 is 10.1 Å². The van der Waals surface area contributed by atoms with Gasteiger partial charge < -0.3 is 9.69 Å². The Labute approximate surface area is 157 Å². The molecule has 0 amide bonds. The van der Waals surface area contributed by atoms with Crippen LogP contribution in [0.4, 0.5) is 0 Å². The molecule has 0 saturated heterocycles. The lowest BCUT2D eigenvalue weighted by Gasteiger charge is -2.56. The second-order valence-corrected chi connectivity index (χ2v) is 9.69. The van der Waals surface area contributed by atoms with E-state index in [0.29, 0.717) is 30.3 Å². The molecule has 4 aliphatic rings. The molecule has 3 fully saturated rings. The van der Waals surface area contributed by atoms with Crippen LogP contribution in [-0.2, 0) is 4.89 Å². The number of allylic oxidation sites excluding steroid dienone is 1. The standard InChI is InChI=1S/C22H30N2O2/c1-21-9-7-14(13-26-25)11-15(21)12-18(23-3)20-16-5-6-19(24-4)22(16,2)10-8-17(20)21/h12,14,16-20,25H,5-11,13H2,1-2H3/t14-,16-,17-,18?,19-,20-,21-,22-/m0/s1. The Bertz CT molecular complexity index is 689. The van der Waals surface area contributed by atoms with Crippen molar-refractivity contribution in [3.05, 3.63) is 34.5 Å². The third-order valence-corrected chi connectivity index (χ3v) is 8.80. The smallest absolute Gasteiger partial charge is 0.245 e. The minimum absolute atomic E-state index is 0.0361. The SMILES string of the molecule is [C-]#[N+]C1C=C2C[C@@H](COO)CC[C@]2(C)[C@H]2CC[C@]3(C)[C@@H]([N+]#[C-])CC[C@H]3[C@H]12. The van der Waals surface area contributed by atoms with Crippen LogP contribution in [0.5, 0.6) is 0 Å². The van der Waals surface area contributed by atoms with Crippen LogP contribution in [0.2, 0.25) is 0 Å². The van der Waals surface area contributed by atoms with Gasteiger partial charge in [0.1, 0.15) is 0 Å². The Morgan fingerprint density at radius 3 is 2.62 bits per heavy atom. The van der Waals surface area contributed by atoms with Crippen molar-refractivity contribution in [1.29, 1.82) is 0 Å². The summed E-state index contributed by atoms with van der Waals surface area (Å²) in [5.74, 6) is 1.87. The minimum atomic E-state index is -0.0361. The first-order valence-electron chi connectivity index (χ1n) is 10.2. The van der Waals surface area contributed by atoms with E-state index >= 15 is 0 Å². The summed E-state index contributed by atoms with van der Waals surface area (Å²) in [7, 11) is 0. The largest absolute Gasteiger partial charge is 0.313 e. The number of hydrogen-bond acceptors (Lipinski definition) is 2. The molecule has 4 rings (SSSR count). The maximum atomic E-state index is 8.85. The van der Waals surface area contributed by atoms with Crippen molar-refractivity contribution in [3.8, 4) is 0 Å². The predicted molar refractivity (Wildman–Crippen MR) is 99.9 cm³/mol. The van der Waals surface area contributed by atoms with Gasteiger partial charge in [-0.25, -0.2) is 18.0 Å². The molecule has 4 heteroatoms. The van der Waals surface area contributed by atoms with Crippen molar-refractivity contribution in [2.45, 2.75) is 70.9 Å². The fourth-order valence-corrected chi connectivity index (χ4v) is 7.28. The first-order chi connectivity index (χ1) is 12.5. The van der Waals surface area contributed by atoms with Gasteiger partial charge in [0.25, 0.3) is 0 Å². The van der Waals surface area contributed by atoms with E-state index in [1.807, 2.05) is 0 Å². The van der Waals surface area contributed by atoms with E-state index < -0.39 is 0 Å². The highest BCUT2D eigenvalue weighted by Crippen LogP contribution is 2.66. The average Bonchev–Trinajstić information content (AvgIpc) is 2.98. The Kier molecular flexibility index (Phi) is 4.41. The van der Waals surface area contributed by atoms with Crippen molar-refractivity contribution in [2.24, 2.45) is 34.5 Å². The van der Waals surface area contributed by atoms with Crippen molar-refractivity contribution >= 4 is 0 Å². The average molecular weight is 354 g/mol. The highest BCUT2D eigenvalue weighted by Gasteiger charge is 2.64. The van der Waals surface area contributed by atoms with E-state index in [1.165, 1.54) is 5.57 Å². The Hall–Kier alpha value is -1.36. The number of fused-ring (bicyclic) bond motifs is 5. The summed E-state index contributed by atoms with van der Waals surface area (Å²) in [5.41, 5.74) is 1.74. The van der Waals surface area contributed by atoms with Gasteiger partial charge in [-0.1, -0.05) is 19.4 Å². The lowest BCUT2D eigenvalue weighted by atomic mass is 9.46. The maximum Gasteiger partial charge on any atom is 0.245 e. The Balaban J connectivity index is 1.70. The summed E-state index contributed by atoms with van der Waals surface area (Å²) in [5, 5.41) is 8.85. The van der Waals surface area contributed by atoms with E-state index in [2.05, 4.69) is 34.5 Å². The zero-order chi connectivity index (χ0) is 18.5. The normalized spacial score (nSPS) is 49.8. The van der Waals surface area contributed by atoms with Crippen LogP contribution >= 0.6 is 0 Å². The first-order valence-corrected chi connectivity index (χ1v) is 10.2. The van der Waals surface area contributed by atoms with Gasteiger partial charge in [-0.05, 0) is 67.8 Å². The Morgan fingerprint density at radius 1 is 1.12 bits per heavy atom. The van der Waals surface area contributed by atoms with Gasteiger partial charge >= 0.3 is 0 Å². The van der Waals surface area contributed by atoms with Crippen LogP contribution < -0.4 is 0 Å². The van der Waals surface area contributed by atoms with Gasteiger partial charge in [-0.3, -0.25) is 5.26 Å². The zero-order valence-corrected chi connectivity index (χ0v) is 15.9. The van der Waals surface area contributed by atoms with Crippen molar-refractivity contribution in [3.63, 3.8) is 0 Å². The summed E-state index contributed by atoms with van der Waals surface area (Å²) in [4.78, 5) is 12.5.